The zero-order valence-electron chi connectivity index (χ0n) is 73.0. The number of aryl methyl sites for hydroxylation is 13. The fourth-order valence-corrected chi connectivity index (χ4v) is 28.8. The molecular weight excluding hydrogens is 1560 g/mol. The van der Waals surface area contributed by atoms with Crippen LogP contribution in [0.1, 0.15) is 72.3 Å². The van der Waals surface area contributed by atoms with Gasteiger partial charge in [0.05, 0.1) is 48.0 Å². The van der Waals surface area contributed by atoms with E-state index in [1.54, 1.807) is 42.7 Å². The van der Waals surface area contributed by atoms with E-state index in [1.807, 2.05) is 66.7 Å². The van der Waals surface area contributed by atoms with Crippen LogP contribution in [0.2, 0.25) is 0 Å². The molecule has 0 unspecified atom stereocenters. The van der Waals surface area contributed by atoms with Crippen molar-refractivity contribution >= 4 is 119 Å². The largest absolute Gasteiger partial charge is 0.497 e. The molecule has 120 heavy (non-hydrogen) atoms. The second kappa shape index (κ2) is 44.0. The lowest BCUT2D eigenvalue weighted by molar-refractivity contribution is 0.400. The normalized spacial score (nSPS) is 10.8. The quantitative estimate of drug-likeness (QED) is 0.0668. The molecule has 0 radical (unpaired) electrons. The van der Waals surface area contributed by atoms with Gasteiger partial charge in [-0.15, -0.1) is 0 Å². The molecule has 610 valence electrons. The summed E-state index contributed by atoms with van der Waals surface area (Å²) in [6, 6.07) is 121. The van der Waals surface area contributed by atoms with Crippen molar-refractivity contribution in [3.8, 4) is 34.5 Å². The van der Waals surface area contributed by atoms with Crippen molar-refractivity contribution in [2.45, 2.75) is 90.0 Å². The molecule has 0 amide bonds. The van der Waals surface area contributed by atoms with Gasteiger partial charge in [-0.2, -0.15) is 0 Å². The minimum atomic E-state index is -1.09. The third-order valence-corrected chi connectivity index (χ3v) is 34.6. The third-order valence-electron chi connectivity index (χ3n) is 20.8. The molecule has 15 aromatic carbocycles. The summed E-state index contributed by atoms with van der Waals surface area (Å²) in [4.78, 5) is 0. The van der Waals surface area contributed by atoms with Gasteiger partial charge in [-0.3, -0.25) is 0 Å². The Balaban J connectivity index is 0.000000148. The highest BCUT2D eigenvalue weighted by Gasteiger charge is 2.33. The molecule has 0 aliphatic carbocycles. The van der Waals surface area contributed by atoms with Crippen molar-refractivity contribution in [1.82, 2.24) is 0 Å². The highest BCUT2D eigenvalue weighted by atomic mass is 31.1. The smallest absolute Gasteiger partial charge is 0.130 e. The van der Waals surface area contributed by atoms with E-state index < -0.39 is 39.6 Å². The van der Waals surface area contributed by atoms with Gasteiger partial charge in [0.25, 0.3) is 0 Å². The van der Waals surface area contributed by atoms with Gasteiger partial charge in [-0.1, -0.05) is 325 Å². The summed E-state index contributed by atoms with van der Waals surface area (Å²) in [5, 5.41) is 20.1. The highest BCUT2D eigenvalue weighted by Crippen LogP contribution is 2.48. The number of para-hydroxylation sites is 1. The van der Waals surface area contributed by atoms with Crippen molar-refractivity contribution in [2.75, 3.05) is 42.7 Å². The van der Waals surface area contributed by atoms with Crippen LogP contribution in [0.25, 0.3) is 0 Å². The predicted octanol–water partition coefficient (Wildman–Crippen LogP) is 21.3. The Labute approximate surface area is 721 Å². The number of ether oxygens (including phenoxy) is 6. The predicted molar refractivity (Wildman–Crippen MR) is 527 cm³/mol. The summed E-state index contributed by atoms with van der Waals surface area (Å²) < 4.78 is 34.1. The summed E-state index contributed by atoms with van der Waals surface area (Å²) in [5.41, 5.74) is 17.4. The Morgan fingerprint density at radius 1 is 0.158 bits per heavy atom. The Kier molecular flexibility index (Phi) is 33.0. The van der Waals surface area contributed by atoms with Gasteiger partial charge in [-0.05, 0) is 267 Å². The van der Waals surface area contributed by atoms with E-state index in [-0.39, 0.29) is 0 Å². The summed E-state index contributed by atoms with van der Waals surface area (Å²) >= 11 is 0. The molecule has 0 fully saturated rings. The van der Waals surface area contributed by atoms with Gasteiger partial charge in [-0.25, -0.2) is 0 Å². The standard InChI is InChI=1S/C27H33P.C24H27O4P.C21H21OP.C19H17OP.C18H15P/c1-16-10-19(4)25(20(5)11-16)28(26-21(6)12-17(2)13-22(26)7)27-23(8)14-18(3)15-24(27)9;1-16-10-7-12-18(25-3)22(16)29(23-17(2)11-8-13-19(23)26-4)24-20(27-5)14-9-15-21(24)28-6;1-16-4-10-19(11-5-16)23(20-12-6-17(2)7-13-20)21-14-8-18(22-3)9-15-21;1-20-18-14-8-9-15-19(18)21(16-10-4-2-5-11-16)17-12-6-3-7-13-17;1-4-10-16(11-5-1)19(17-12-6-2-7-13-17)18-14-8-3-9-15-18/h10-15H,1-9H3;7-15H,1-6H3;4-15H,1-3H3;2-15H,1H3;1-15H. The van der Waals surface area contributed by atoms with Crippen LogP contribution in [-0.4, -0.2) is 42.7 Å². The summed E-state index contributed by atoms with van der Waals surface area (Å²) in [7, 11) is 6.95. The summed E-state index contributed by atoms with van der Waals surface area (Å²) in [6.07, 6.45) is 0. The SMILES string of the molecule is COc1ccc(P(c2ccc(C)cc2)c2ccc(C)cc2)cc1.COc1cccc(C)c1P(c1c(C)cccc1OC)c1c(OC)cccc1OC.COc1ccccc1P(c1ccccc1)c1ccccc1.Cc1cc(C)c(P(c2c(C)cc(C)cc2C)c2c(C)cc(C)cc2C)c(C)c1.c1ccc(P(c2ccccc2)c2ccccc2)cc1. The van der Waals surface area contributed by atoms with Crippen LogP contribution in [0, 0.1) is 90.0 Å². The lowest BCUT2D eigenvalue weighted by Gasteiger charge is -2.30. The van der Waals surface area contributed by atoms with Gasteiger partial charge >= 0.3 is 0 Å². The molecule has 0 aliphatic heterocycles. The van der Waals surface area contributed by atoms with Gasteiger partial charge in [0, 0.05) is 23.8 Å². The van der Waals surface area contributed by atoms with Crippen molar-refractivity contribution < 1.29 is 28.4 Å². The first kappa shape index (κ1) is 90.0. The van der Waals surface area contributed by atoms with Crippen LogP contribution in [-0.2, 0) is 0 Å². The zero-order valence-corrected chi connectivity index (χ0v) is 77.5. The summed E-state index contributed by atoms with van der Waals surface area (Å²) in [5.74, 6) is 5.11. The molecule has 15 rings (SSSR count). The number of hydrogen-bond acceptors (Lipinski definition) is 6. The topological polar surface area (TPSA) is 55.4 Å². The molecular formula is C109H113O6P5. The molecule has 11 heteroatoms. The van der Waals surface area contributed by atoms with Crippen LogP contribution in [0.15, 0.2) is 340 Å². The molecule has 0 bridgehead atoms. The molecule has 0 saturated heterocycles. The summed E-state index contributed by atoms with van der Waals surface area (Å²) in [6.45, 7) is 28.9. The van der Waals surface area contributed by atoms with Crippen LogP contribution >= 0.6 is 39.6 Å². The Hall–Kier alpha value is -10.8. The first-order valence-electron chi connectivity index (χ1n) is 40.6. The van der Waals surface area contributed by atoms with Gasteiger partial charge in [0.15, 0.2) is 0 Å². The highest BCUT2D eigenvalue weighted by molar-refractivity contribution is 7.82. The van der Waals surface area contributed by atoms with Crippen molar-refractivity contribution in [3.05, 3.63) is 412 Å². The number of hydrogen-bond donors (Lipinski definition) is 0. The van der Waals surface area contributed by atoms with Crippen LogP contribution in [0.3, 0.4) is 0 Å². The van der Waals surface area contributed by atoms with E-state index in [2.05, 4.69) is 363 Å². The van der Waals surface area contributed by atoms with Gasteiger partial charge < -0.3 is 28.4 Å². The number of benzene rings is 15. The van der Waals surface area contributed by atoms with E-state index in [1.165, 1.54) is 125 Å². The second-order valence-electron chi connectivity index (χ2n) is 29.9. The molecule has 0 aromatic heterocycles. The van der Waals surface area contributed by atoms with Gasteiger partial charge in [0.2, 0.25) is 0 Å². The maximum atomic E-state index is 5.80. The molecule has 0 heterocycles. The number of rotatable bonds is 21. The van der Waals surface area contributed by atoms with Crippen molar-refractivity contribution in [1.29, 1.82) is 0 Å². The zero-order chi connectivity index (χ0) is 85.4. The van der Waals surface area contributed by atoms with Gasteiger partial charge in [0.1, 0.15) is 34.5 Å². The van der Waals surface area contributed by atoms with E-state index in [0.717, 1.165) is 61.5 Å². The van der Waals surface area contributed by atoms with E-state index in [4.69, 9.17) is 28.4 Å². The number of methoxy groups -OCH3 is 6. The molecule has 6 nitrogen and oxygen atoms in total. The maximum Gasteiger partial charge on any atom is 0.130 e. The fraction of sp³-hybridized carbons (Fsp3) is 0.174. The molecule has 0 saturated carbocycles. The van der Waals surface area contributed by atoms with E-state index >= 15 is 0 Å². The Bertz CT molecular complexity index is 5330. The maximum absolute atomic E-state index is 5.80. The molecule has 0 spiro atoms. The average Bonchev–Trinajstić information content (AvgIpc) is 0.754. The molecule has 15 aromatic rings. The van der Waals surface area contributed by atoms with Crippen molar-refractivity contribution in [3.63, 3.8) is 0 Å². The van der Waals surface area contributed by atoms with Crippen molar-refractivity contribution in [2.24, 2.45) is 0 Å². The molecule has 0 aliphatic rings. The lowest BCUT2D eigenvalue weighted by Crippen LogP contribution is -2.30. The van der Waals surface area contributed by atoms with Crippen LogP contribution in [0.4, 0.5) is 0 Å². The lowest BCUT2D eigenvalue weighted by atomic mass is 10.1. The first-order valence-corrected chi connectivity index (χ1v) is 47.3. The fourth-order valence-electron chi connectivity index (χ4n) is 15.6. The van der Waals surface area contributed by atoms with E-state index in [0.29, 0.717) is 0 Å². The first-order chi connectivity index (χ1) is 58.2. The average molecular weight is 1670 g/mol. The van der Waals surface area contributed by atoms with Crippen LogP contribution < -0.4 is 108 Å². The third kappa shape index (κ3) is 22.4. The minimum Gasteiger partial charge on any atom is -0.497 e. The van der Waals surface area contributed by atoms with Crippen LogP contribution in [0.5, 0.6) is 34.5 Å². The Morgan fingerprint density at radius 2 is 0.392 bits per heavy atom. The molecule has 0 atom stereocenters. The molecule has 0 N–H and O–H groups in total. The second-order valence-corrected chi connectivity index (χ2v) is 40.6. The monoisotopic (exact) mass is 1670 g/mol. The minimum absolute atomic E-state index is 0.446. The Morgan fingerprint density at radius 3 is 0.683 bits per heavy atom. The van der Waals surface area contributed by atoms with E-state index in [9.17, 15) is 0 Å².